The smallest absolute Gasteiger partial charge is 0.325 e. The highest BCUT2D eigenvalue weighted by Gasteiger charge is 2.18. The maximum absolute atomic E-state index is 12.3. The first-order valence-electron chi connectivity index (χ1n) is 10.4. The van der Waals surface area contributed by atoms with Crippen LogP contribution in [0.5, 0.6) is 11.5 Å². The summed E-state index contributed by atoms with van der Waals surface area (Å²) in [6.07, 6.45) is 1.64. The molecular formula is C22H20N6O6S. The number of carbonyl (C=O) groups is 2. The van der Waals surface area contributed by atoms with E-state index in [1.807, 2.05) is 0 Å². The summed E-state index contributed by atoms with van der Waals surface area (Å²) >= 11 is 1.09. The lowest BCUT2D eigenvalue weighted by molar-refractivity contribution is -0.384. The molecule has 2 aromatic carbocycles. The molecule has 2 heterocycles. The molecule has 0 radical (unpaired) electrons. The number of non-ortho nitro benzene ring substituents is 1. The maximum atomic E-state index is 12.3. The first kappa shape index (κ1) is 23.8. The Labute approximate surface area is 203 Å². The number of carbonyl (C=O) groups excluding carboxylic acids is 2. The number of nitrogens with one attached hydrogen (secondary N) is 2. The van der Waals surface area contributed by atoms with Crippen molar-refractivity contribution < 1.29 is 24.0 Å². The van der Waals surface area contributed by atoms with Crippen molar-refractivity contribution in [2.24, 2.45) is 0 Å². The van der Waals surface area contributed by atoms with Crippen LogP contribution in [-0.4, -0.2) is 50.6 Å². The summed E-state index contributed by atoms with van der Waals surface area (Å²) in [6, 6.07) is 10.2. The van der Waals surface area contributed by atoms with Gasteiger partial charge in [-0.3, -0.25) is 24.8 Å². The molecule has 0 unspecified atom stereocenters. The van der Waals surface area contributed by atoms with Crippen molar-refractivity contribution in [1.29, 1.82) is 0 Å². The van der Waals surface area contributed by atoms with Gasteiger partial charge in [-0.05, 0) is 24.3 Å². The first-order chi connectivity index (χ1) is 16.9. The third kappa shape index (κ3) is 5.76. The van der Waals surface area contributed by atoms with E-state index in [1.165, 1.54) is 12.1 Å². The van der Waals surface area contributed by atoms with Gasteiger partial charge >= 0.3 is 6.03 Å². The van der Waals surface area contributed by atoms with E-state index in [0.29, 0.717) is 53.5 Å². The average Bonchev–Trinajstić information content (AvgIpc) is 3.25. The van der Waals surface area contributed by atoms with Crippen LogP contribution >= 0.6 is 11.8 Å². The summed E-state index contributed by atoms with van der Waals surface area (Å²) in [5, 5.41) is 24.4. The number of ether oxygens (including phenoxy) is 2. The van der Waals surface area contributed by atoms with Crippen LogP contribution < -0.4 is 20.1 Å². The Morgan fingerprint density at radius 2 is 1.89 bits per heavy atom. The van der Waals surface area contributed by atoms with Gasteiger partial charge in [0.15, 0.2) is 22.5 Å². The van der Waals surface area contributed by atoms with Gasteiger partial charge in [0.05, 0.1) is 10.7 Å². The van der Waals surface area contributed by atoms with Crippen LogP contribution in [0.3, 0.4) is 0 Å². The number of hydrogen-bond donors (Lipinski definition) is 2. The van der Waals surface area contributed by atoms with Crippen LogP contribution in [0.25, 0.3) is 11.4 Å². The van der Waals surface area contributed by atoms with Gasteiger partial charge in [-0.15, -0.1) is 16.8 Å². The number of benzene rings is 2. The number of urea groups is 1. The number of thioether (sulfide) groups is 1. The monoisotopic (exact) mass is 496 g/mol. The molecule has 1 aliphatic rings. The van der Waals surface area contributed by atoms with Gasteiger partial charge in [0, 0.05) is 36.0 Å². The molecule has 0 bridgehead atoms. The Morgan fingerprint density at radius 3 is 2.60 bits per heavy atom. The highest BCUT2D eigenvalue weighted by atomic mass is 32.2. The summed E-state index contributed by atoms with van der Waals surface area (Å²) in [7, 11) is 0. The number of hydrogen-bond acceptors (Lipinski definition) is 9. The molecule has 0 atom stereocenters. The highest BCUT2D eigenvalue weighted by Crippen LogP contribution is 2.32. The zero-order valence-corrected chi connectivity index (χ0v) is 19.1. The standard InChI is InChI=1S/C22H20N6O6S/c1-2-9-27-20(14-3-6-16(7-4-14)28(31)32)25-26-22(27)35-13-19(29)24-21(30)23-15-5-8-17-18(12-15)34-11-10-33-17/h2-8,12H,1,9-11,13H2,(H2,23,24,29,30). The quantitative estimate of drug-likeness (QED) is 0.207. The van der Waals surface area contributed by atoms with Crippen LogP contribution in [0.1, 0.15) is 0 Å². The number of nitrogens with zero attached hydrogens (tertiary/aromatic N) is 4. The minimum absolute atomic E-state index is 0.0377. The largest absolute Gasteiger partial charge is 0.486 e. The molecule has 3 aromatic rings. The van der Waals surface area contributed by atoms with E-state index >= 15 is 0 Å². The zero-order chi connectivity index (χ0) is 24.8. The number of anilines is 1. The van der Waals surface area contributed by atoms with Gasteiger partial charge in [0.25, 0.3) is 5.69 Å². The lowest BCUT2D eigenvalue weighted by Crippen LogP contribution is -2.35. The predicted molar refractivity (Wildman–Crippen MR) is 128 cm³/mol. The van der Waals surface area contributed by atoms with Gasteiger partial charge in [-0.2, -0.15) is 0 Å². The molecule has 1 aliphatic heterocycles. The lowest BCUT2D eigenvalue weighted by atomic mass is 10.2. The van der Waals surface area contributed by atoms with Crippen LogP contribution in [0, 0.1) is 10.1 Å². The van der Waals surface area contributed by atoms with E-state index in [0.717, 1.165) is 11.8 Å². The molecule has 0 saturated heterocycles. The molecule has 180 valence electrons. The van der Waals surface area contributed by atoms with Crippen LogP contribution in [0.15, 0.2) is 60.3 Å². The Bertz CT molecular complexity index is 1280. The molecule has 35 heavy (non-hydrogen) atoms. The number of aromatic nitrogens is 3. The van der Waals surface area contributed by atoms with Crippen molar-refractivity contribution in [2.45, 2.75) is 11.7 Å². The third-order valence-electron chi connectivity index (χ3n) is 4.75. The van der Waals surface area contributed by atoms with Crippen molar-refractivity contribution in [3.8, 4) is 22.9 Å². The molecule has 0 saturated carbocycles. The van der Waals surface area contributed by atoms with Crippen LogP contribution in [0.2, 0.25) is 0 Å². The number of nitro groups is 1. The molecule has 4 rings (SSSR count). The normalized spacial score (nSPS) is 12.0. The zero-order valence-electron chi connectivity index (χ0n) is 18.3. The van der Waals surface area contributed by atoms with Gasteiger partial charge in [-0.1, -0.05) is 17.8 Å². The second-order valence-corrected chi connectivity index (χ2v) is 8.10. The Balaban J connectivity index is 1.36. The summed E-state index contributed by atoms with van der Waals surface area (Å²) in [4.78, 5) is 34.9. The fourth-order valence-corrected chi connectivity index (χ4v) is 3.96. The van der Waals surface area contributed by atoms with Gasteiger partial charge in [0.2, 0.25) is 5.91 Å². The number of imide groups is 1. The molecule has 3 amide bonds. The topological polar surface area (TPSA) is 151 Å². The molecule has 12 nitrogen and oxygen atoms in total. The van der Waals surface area contributed by atoms with Crippen molar-refractivity contribution >= 4 is 35.1 Å². The Kier molecular flexibility index (Phi) is 7.26. The number of allylic oxidation sites excluding steroid dienone is 1. The van der Waals surface area contributed by atoms with Gasteiger partial charge in [0.1, 0.15) is 13.2 Å². The summed E-state index contributed by atoms with van der Waals surface area (Å²) in [6.45, 7) is 4.96. The molecule has 0 aliphatic carbocycles. The maximum Gasteiger partial charge on any atom is 0.325 e. The fourth-order valence-electron chi connectivity index (χ4n) is 3.21. The molecule has 0 spiro atoms. The molecule has 1 aromatic heterocycles. The molecular weight excluding hydrogens is 476 g/mol. The Hall–Kier alpha value is -4.39. The van der Waals surface area contributed by atoms with Crippen LogP contribution in [-0.2, 0) is 11.3 Å². The molecule has 2 N–H and O–H groups in total. The second-order valence-electron chi connectivity index (χ2n) is 7.16. The van der Waals surface area contributed by atoms with Crippen molar-refractivity contribution in [3.05, 3.63) is 65.2 Å². The minimum Gasteiger partial charge on any atom is -0.486 e. The fraction of sp³-hybridized carbons (Fsp3) is 0.182. The summed E-state index contributed by atoms with van der Waals surface area (Å²) in [5.74, 6) is 0.950. The van der Waals surface area contributed by atoms with Gasteiger partial charge in [-0.25, -0.2) is 4.79 Å². The molecule has 0 fully saturated rings. The second kappa shape index (κ2) is 10.7. The highest BCUT2D eigenvalue weighted by molar-refractivity contribution is 7.99. The summed E-state index contributed by atoms with van der Waals surface area (Å²) in [5.41, 5.74) is 1.04. The van der Waals surface area contributed by atoms with Crippen molar-refractivity contribution in [2.75, 3.05) is 24.3 Å². The van der Waals surface area contributed by atoms with Crippen LogP contribution in [0.4, 0.5) is 16.2 Å². The van der Waals surface area contributed by atoms with E-state index in [4.69, 9.17) is 9.47 Å². The summed E-state index contributed by atoms with van der Waals surface area (Å²) < 4.78 is 12.6. The number of amides is 3. The van der Waals surface area contributed by atoms with Crippen molar-refractivity contribution in [1.82, 2.24) is 20.1 Å². The lowest BCUT2D eigenvalue weighted by Gasteiger charge is -2.19. The SMILES string of the molecule is C=CCn1c(SCC(=O)NC(=O)Nc2ccc3c(c2)OCCO3)nnc1-c1ccc([N+](=O)[O-])cc1. The van der Waals surface area contributed by atoms with E-state index in [9.17, 15) is 19.7 Å². The number of rotatable bonds is 8. The van der Waals surface area contributed by atoms with Crippen molar-refractivity contribution in [3.63, 3.8) is 0 Å². The Morgan fingerprint density at radius 1 is 1.14 bits per heavy atom. The van der Waals surface area contributed by atoms with E-state index in [1.54, 1.807) is 41.0 Å². The number of fused-ring (bicyclic) bond motifs is 1. The first-order valence-corrected chi connectivity index (χ1v) is 11.4. The molecule has 13 heteroatoms. The van der Waals surface area contributed by atoms with Gasteiger partial charge < -0.3 is 14.8 Å². The minimum atomic E-state index is -0.689. The van der Waals surface area contributed by atoms with E-state index < -0.39 is 16.9 Å². The van der Waals surface area contributed by atoms with E-state index in [-0.39, 0.29) is 11.4 Å². The third-order valence-corrected chi connectivity index (χ3v) is 5.72. The predicted octanol–water partition coefficient (Wildman–Crippen LogP) is 3.25. The average molecular weight is 497 g/mol. The van der Waals surface area contributed by atoms with E-state index in [2.05, 4.69) is 27.4 Å². The number of nitro benzene ring substituents is 1.